The maximum Gasteiger partial charge on any atom is 0.237 e. The summed E-state index contributed by atoms with van der Waals surface area (Å²) in [5.41, 5.74) is 0.173. The molecule has 0 radical (unpaired) electrons. The van der Waals surface area contributed by atoms with Crippen LogP contribution in [-0.4, -0.2) is 17.8 Å². The van der Waals surface area contributed by atoms with Crippen LogP contribution in [0.4, 0.5) is 5.69 Å². The van der Waals surface area contributed by atoms with Crippen molar-refractivity contribution in [3.05, 3.63) is 28.8 Å². The van der Waals surface area contributed by atoms with E-state index in [4.69, 9.17) is 11.6 Å². The molecule has 1 aliphatic carbocycles. The average molecular weight is 307 g/mol. The molecule has 1 aromatic rings. The van der Waals surface area contributed by atoms with Crippen molar-refractivity contribution in [2.75, 3.05) is 4.90 Å². The molecule has 0 unspecified atom stereocenters. The van der Waals surface area contributed by atoms with Gasteiger partial charge in [-0.1, -0.05) is 24.4 Å². The normalized spacial score (nSPS) is 25.1. The molecule has 1 heterocycles. The number of halogens is 1. The number of fused-ring (bicyclic) bond motifs is 1. The van der Waals surface area contributed by atoms with Crippen molar-refractivity contribution in [2.24, 2.45) is 11.8 Å². The molecular weight excluding hydrogens is 294 g/mol. The molecule has 0 bridgehead atoms. The van der Waals surface area contributed by atoms with Gasteiger partial charge in [0.15, 0.2) is 0 Å². The number of aromatic carboxylic acids is 1. The Bertz CT molecular complexity index is 619. The smallest absolute Gasteiger partial charge is 0.237 e. The van der Waals surface area contributed by atoms with Crippen molar-refractivity contribution in [3.63, 3.8) is 0 Å². The molecular formula is C15H13ClNO4-. The molecule has 21 heavy (non-hydrogen) atoms. The van der Waals surface area contributed by atoms with Gasteiger partial charge in [0.1, 0.15) is 0 Å². The molecule has 2 amide bonds. The molecule has 3 rings (SSSR count). The number of benzene rings is 1. The van der Waals surface area contributed by atoms with Gasteiger partial charge in [0.2, 0.25) is 11.8 Å². The summed E-state index contributed by atoms with van der Waals surface area (Å²) in [5.74, 6) is -2.29. The molecule has 110 valence electrons. The highest BCUT2D eigenvalue weighted by Crippen LogP contribution is 2.40. The summed E-state index contributed by atoms with van der Waals surface area (Å²) in [6, 6.07) is 4.01. The number of rotatable bonds is 2. The lowest BCUT2D eigenvalue weighted by molar-refractivity contribution is -0.255. The number of anilines is 1. The summed E-state index contributed by atoms with van der Waals surface area (Å²) >= 11 is 5.88. The molecule has 6 heteroatoms. The van der Waals surface area contributed by atoms with E-state index < -0.39 is 5.97 Å². The Morgan fingerprint density at radius 1 is 1.14 bits per heavy atom. The van der Waals surface area contributed by atoms with Crippen LogP contribution in [0.2, 0.25) is 5.02 Å². The fraction of sp³-hybridized carbons (Fsp3) is 0.400. The van der Waals surface area contributed by atoms with Crippen molar-refractivity contribution in [3.8, 4) is 0 Å². The highest BCUT2D eigenvalue weighted by molar-refractivity contribution is 6.34. The average Bonchev–Trinajstić information content (AvgIpc) is 2.71. The third kappa shape index (κ3) is 2.21. The van der Waals surface area contributed by atoms with Crippen molar-refractivity contribution in [1.29, 1.82) is 0 Å². The Kier molecular flexibility index (Phi) is 3.45. The van der Waals surface area contributed by atoms with Crippen LogP contribution in [0, 0.1) is 11.8 Å². The minimum absolute atomic E-state index is 0.0389. The highest BCUT2D eigenvalue weighted by atomic mass is 35.5. The number of carbonyl (C=O) groups is 3. The summed E-state index contributed by atoms with van der Waals surface area (Å²) < 4.78 is 0. The first-order valence-electron chi connectivity index (χ1n) is 6.89. The third-order valence-corrected chi connectivity index (χ3v) is 4.58. The van der Waals surface area contributed by atoms with Gasteiger partial charge in [-0.05, 0) is 31.0 Å². The molecule has 5 nitrogen and oxygen atoms in total. The number of hydrogen-bond donors (Lipinski definition) is 0. The lowest BCUT2D eigenvalue weighted by atomic mass is 9.81. The van der Waals surface area contributed by atoms with E-state index in [0.29, 0.717) is 5.69 Å². The molecule has 1 saturated carbocycles. The standard InChI is InChI=1S/C15H14ClNO4/c16-12-7-8(5-6-11(12)15(20)21)17-13(18)9-3-1-2-4-10(9)14(17)19/h5-7,9-10H,1-4H2,(H,20,21)/p-1/t9-,10+. The van der Waals surface area contributed by atoms with Crippen LogP contribution in [0.15, 0.2) is 18.2 Å². The Hall–Kier alpha value is -1.88. The Morgan fingerprint density at radius 2 is 1.71 bits per heavy atom. The molecule has 2 atom stereocenters. The fourth-order valence-electron chi connectivity index (χ4n) is 3.23. The van der Waals surface area contributed by atoms with Gasteiger partial charge in [-0.25, -0.2) is 0 Å². The number of carboxylic acids is 1. The predicted molar refractivity (Wildman–Crippen MR) is 73.7 cm³/mol. The quantitative estimate of drug-likeness (QED) is 0.773. The second-order valence-corrected chi connectivity index (χ2v) is 5.87. The highest BCUT2D eigenvalue weighted by Gasteiger charge is 2.48. The van der Waals surface area contributed by atoms with Crippen LogP contribution in [0.5, 0.6) is 0 Å². The maximum atomic E-state index is 12.4. The van der Waals surface area contributed by atoms with Crippen LogP contribution in [0.25, 0.3) is 0 Å². The molecule has 1 aromatic carbocycles. The lowest BCUT2D eigenvalue weighted by Crippen LogP contribution is -2.31. The molecule has 0 spiro atoms. The van der Waals surface area contributed by atoms with E-state index in [1.54, 1.807) is 0 Å². The number of imide groups is 1. The van der Waals surface area contributed by atoms with Gasteiger partial charge in [-0.15, -0.1) is 0 Å². The SMILES string of the molecule is O=C([O-])c1ccc(N2C(=O)[C@H]3CCCC[C@H]3C2=O)cc1Cl. The van der Waals surface area contributed by atoms with Crippen LogP contribution in [0.1, 0.15) is 36.0 Å². The molecule has 2 aliphatic rings. The number of carboxylic acid groups (broad SMARTS) is 1. The Labute approximate surface area is 126 Å². The van der Waals surface area contributed by atoms with E-state index in [2.05, 4.69) is 0 Å². The first-order valence-corrected chi connectivity index (χ1v) is 7.27. The maximum absolute atomic E-state index is 12.4. The molecule has 2 fully saturated rings. The van der Waals surface area contributed by atoms with E-state index in [-0.39, 0.29) is 34.2 Å². The van der Waals surface area contributed by atoms with E-state index in [0.717, 1.165) is 30.6 Å². The zero-order valence-electron chi connectivity index (χ0n) is 11.2. The van der Waals surface area contributed by atoms with E-state index in [1.165, 1.54) is 18.2 Å². The topological polar surface area (TPSA) is 77.5 Å². The summed E-state index contributed by atoms with van der Waals surface area (Å²) in [6.07, 6.45) is 3.38. The number of amides is 2. The zero-order valence-corrected chi connectivity index (χ0v) is 11.9. The number of hydrogen-bond acceptors (Lipinski definition) is 4. The van der Waals surface area contributed by atoms with Gasteiger partial charge >= 0.3 is 0 Å². The number of nitrogens with zero attached hydrogens (tertiary/aromatic N) is 1. The zero-order chi connectivity index (χ0) is 15.1. The van der Waals surface area contributed by atoms with Crippen molar-refractivity contribution >= 4 is 35.1 Å². The van der Waals surface area contributed by atoms with Crippen LogP contribution >= 0.6 is 11.6 Å². The van der Waals surface area contributed by atoms with Crippen LogP contribution < -0.4 is 10.0 Å². The van der Waals surface area contributed by atoms with Crippen molar-refractivity contribution in [2.45, 2.75) is 25.7 Å². The molecule has 1 saturated heterocycles. The summed E-state index contributed by atoms with van der Waals surface area (Å²) in [7, 11) is 0. The van der Waals surface area contributed by atoms with Crippen LogP contribution in [0.3, 0.4) is 0 Å². The summed E-state index contributed by atoms with van der Waals surface area (Å²) in [6.45, 7) is 0. The minimum Gasteiger partial charge on any atom is -0.545 e. The minimum atomic E-state index is -1.39. The van der Waals surface area contributed by atoms with Crippen LogP contribution in [-0.2, 0) is 9.59 Å². The monoisotopic (exact) mass is 306 g/mol. The van der Waals surface area contributed by atoms with E-state index in [9.17, 15) is 19.5 Å². The van der Waals surface area contributed by atoms with Crippen molar-refractivity contribution in [1.82, 2.24) is 0 Å². The molecule has 1 aliphatic heterocycles. The summed E-state index contributed by atoms with van der Waals surface area (Å²) in [5, 5.41) is 10.8. The van der Waals surface area contributed by atoms with Gasteiger partial charge in [-0.3, -0.25) is 14.5 Å². The largest absolute Gasteiger partial charge is 0.545 e. The second kappa shape index (κ2) is 5.15. The van der Waals surface area contributed by atoms with Gasteiger partial charge in [0, 0.05) is 5.56 Å². The first-order chi connectivity index (χ1) is 10.0. The van der Waals surface area contributed by atoms with Gasteiger partial charge < -0.3 is 9.90 Å². The Balaban J connectivity index is 1.97. The predicted octanol–water partition coefficient (Wildman–Crippen LogP) is 1.38. The van der Waals surface area contributed by atoms with E-state index >= 15 is 0 Å². The van der Waals surface area contributed by atoms with E-state index in [1.807, 2.05) is 0 Å². The third-order valence-electron chi connectivity index (χ3n) is 4.27. The first kappa shape index (κ1) is 14.1. The van der Waals surface area contributed by atoms with Crippen molar-refractivity contribution < 1.29 is 19.5 Å². The van der Waals surface area contributed by atoms with Gasteiger partial charge in [0.25, 0.3) is 0 Å². The summed E-state index contributed by atoms with van der Waals surface area (Å²) in [4.78, 5) is 36.8. The lowest BCUT2D eigenvalue weighted by Gasteiger charge is -2.19. The molecule has 0 N–H and O–H groups in total. The van der Waals surface area contributed by atoms with Gasteiger partial charge in [0.05, 0.1) is 28.5 Å². The fourth-order valence-corrected chi connectivity index (χ4v) is 3.48. The Morgan fingerprint density at radius 3 is 2.19 bits per heavy atom. The van der Waals surface area contributed by atoms with Gasteiger partial charge in [-0.2, -0.15) is 0 Å². The second-order valence-electron chi connectivity index (χ2n) is 5.46. The number of carbonyl (C=O) groups excluding carboxylic acids is 3. The molecule has 0 aromatic heterocycles.